The maximum Gasteiger partial charge on any atom is 0.241 e. The summed E-state index contributed by atoms with van der Waals surface area (Å²) in [6, 6.07) is 83.6. The van der Waals surface area contributed by atoms with E-state index in [2.05, 4.69) is 174 Å². The minimum Gasteiger partial charge on any atom is -0.492 e. The van der Waals surface area contributed by atoms with E-state index in [4.69, 9.17) is 9.97 Å². The molecule has 0 aliphatic carbocycles. The van der Waals surface area contributed by atoms with Crippen LogP contribution in [0.4, 0.5) is 0 Å². The van der Waals surface area contributed by atoms with Crippen molar-refractivity contribution in [3.63, 3.8) is 0 Å². The van der Waals surface area contributed by atoms with Gasteiger partial charge in [0.1, 0.15) is 0 Å². The minimum atomic E-state index is -0.355. The molecule has 0 unspecified atom stereocenters. The Balaban J connectivity index is 0.00000560. The fourth-order valence-corrected chi connectivity index (χ4v) is 9.57. The van der Waals surface area contributed by atoms with E-state index in [1.807, 2.05) is 60.7 Å². The Morgan fingerprint density at radius 2 is 0.819 bits per heavy atom. The van der Waals surface area contributed by atoms with Crippen LogP contribution in [0.2, 0.25) is 0 Å². The summed E-state index contributed by atoms with van der Waals surface area (Å²) in [6.45, 7) is 0. The van der Waals surface area contributed by atoms with Gasteiger partial charge in [-0.15, -0.1) is 59.7 Å². The number of ketones is 1. The van der Waals surface area contributed by atoms with E-state index < -0.39 is 0 Å². The van der Waals surface area contributed by atoms with E-state index in [0.29, 0.717) is 17.5 Å². The van der Waals surface area contributed by atoms with Gasteiger partial charge in [0, 0.05) is 26.5 Å². The molecule has 345 valence electrons. The SMILES string of the molecule is O=C(CCc1ccccc1-c1cc(-c2ccccc2-c2c[c-]c(-c3ccc4ccccc4n3)cc2)cc(-c2ccccc2-c2c[c-]c(-c3ccc4ccccc4n3)cc2)c1)c1nc2ccccc2nc1O.[Ir]. The second-order valence-electron chi connectivity index (χ2n) is 17.6. The van der Waals surface area contributed by atoms with Crippen molar-refractivity contribution in [2.45, 2.75) is 12.8 Å². The Hall–Kier alpha value is -8.74. The first-order valence-electron chi connectivity index (χ1n) is 23.7. The summed E-state index contributed by atoms with van der Waals surface area (Å²) in [5, 5.41) is 13.0. The fraction of sp³-hybridized carbons (Fsp3) is 0.0308. The van der Waals surface area contributed by atoms with E-state index in [1.54, 1.807) is 12.1 Å². The molecule has 72 heavy (non-hydrogen) atoms. The summed E-state index contributed by atoms with van der Waals surface area (Å²) in [5.74, 6) is -0.627. The van der Waals surface area contributed by atoms with Gasteiger partial charge in [0.05, 0.1) is 22.1 Å². The summed E-state index contributed by atoms with van der Waals surface area (Å²) < 4.78 is 0. The van der Waals surface area contributed by atoms with Crippen molar-refractivity contribution < 1.29 is 30.0 Å². The molecule has 1 N–H and O–H groups in total. The van der Waals surface area contributed by atoms with Crippen LogP contribution < -0.4 is 0 Å². The molecule has 0 fully saturated rings. The Labute approximate surface area is 430 Å². The van der Waals surface area contributed by atoms with Crippen LogP contribution in [0, 0.1) is 12.1 Å². The predicted molar refractivity (Wildman–Crippen MR) is 287 cm³/mol. The first-order chi connectivity index (χ1) is 35.0. The Bertz CT molecular complexity index is 3800. The van der Waals surface area contributed by atoms with Gasteiger partial charge >= 0.3 is 0 Å². The first kappa shape index (κ1) is 45.7. The average molecular weight is 1100 g/mol. The van der Waals surface area contributed by atoms with Gasteiger partial charge in [-0.2, -0.15) is 0 Å². The molecule has 9 aromatic carbocycles. The van der Waals surface area contributed by atoms with Crippen LogP contribution in [-0.2, 0) is 26.5 Å². The van der Waals surface area contributed by atoms with Gasteiger partial charge in [-0.25, -0.2) is 9.97 Å². The molecule has 0 amide bonds. The Kier molecular flexibility index (Phi) is 12.7. The van der Waals surface area contributed by atoms with Gasteiger partial charge in [-0.1, -0.05) is 168 Å². The summed E-state index contributed by atoms with van der Waals surface area (Å²) in [4.78, 5) is 32.4. The van der Waals surface area contributed by atoms with Crippen LogP contribution in [-0.4, -0.2) is 30.8 Å². The van der Waals surface area contributed by atoms with Gasteiger partial charge in [-0.05, 0) is 110 Å². The van der Waals surface area contributed by atoms with Crippen molar-refractivity contribution in [1.82, 2.24) is 19.9 Å². The van der Waals surface area contributed by atoms with Crippen molar-refractivity contribution >= 4 is 38.6 Å². The largest absolute Gasteiger partial charge is 0.492 e. The molecule has 0 saturated carbocycles. The van der Waals surface area contributed by atoms with Crippen LogP contribution in [0.15, 0.2) is 224 Å². The second-order valence-corrected chi connectivity index (χ2v) is 17.6. The molecule has 12 aromatic rings. The molecule has 1 radical (unpaired) electrons. The zero-order chi connectivity index (χ0) is 47.7. The van der Waals surface area contributed by atoms with Crippen molar-refractivity contribution in [1.29, 1.82) is 0 Å². The number of carbonyl (C=O) groups excluding carboxylic acids is 1. The quantitative estimate of drug-likeness (QED) is 0.103. The number of carbonyl (C=O) groups is 1. The topological polar surface area (TPSA) is 88.9 Å². The third kappa shape index (κ3) is 9.11. The Morgan fingerprint density at radius 3 is 1.32 bits per heavy atom. The van der Waals surface area contributed by atoms with Gasteiger partial charge < -0.3 is 5.11 Å². The molecule has 7 heteroatoms. The summed E-state index contributed by atoms with van der Waals surface area (Å²) in [5.41, 5.74) is 18.0. The molecule has 0 aliphatic heterocycles. The molecule has 0 spiro atoms. The number of aromatic hydroxyl groups is 1. The predicted octanol–water partition coefficient (Wildman–Crippen LogP) is 15.5. The standard InChI is InChI=1S/C65H42N4O2.Ir/c70-63(64-65(71)69-62-24-12-11-23-61(62)68-64)38-35-42-13-1-4-16-52(42)49-39-50(55-19-7-5-17-53(55)43-25-29-47(30-26-43)59-36-33-45-14-2-9-21-57(45)66-59)41-51(40-49)56-20-8-6-18-54(56)44-27-31-48(32-28-44)60-37-34-46-15-3-10-22-58(46)67-60;/h1-29,31,33-34,36-37,39-41H,35,38H2,(H,69,71);/q-2;. The molecular formula is C65H42IrN4O2-2. The number of para-hydroxylation sites is 4. The third-order valence-electron chi connectivity index (χ3n) is 13.2. The normalized spacial score (nSPS) is 11.2. The fourth-order valence-electron chi connectivity index (χ4n) is 9.57. The van der Waals surface area contributed by atoms with Gasteiger partial charge in [0.25, 0.3) is 0 Å². The molecule has 0 bridgehead atoms. The number of hydrogen-bond acceptors (Lipinski definition) is 6. The average Bonchev–Trinajstić information content (AvgIpc) is 3.44. The van der Waals surface area contributed by atoms with E-state index >= 15 is 0 Å². The first-order valence-corrected chi connectivity index (χ1v) is 23.7. The third-order valence-corrected chi connectivity index (χ3v) is 13.2. The van der Waals surface area contributed by atoms with Crippen molar-refractivity contribution in [2.75, 3.05) is 0 Å². The summed E-state index contributed by atoms with van der Waals surface area (Å²) in [7, 11) is 0. The molecule has 6 nitrogen and oxygen atoms in total. The van der Waals surface area contributed by atoms with Gasteiger partial charge in [-0.3, -0.25) is 14.8 Å². The molecule has 0 atom stereocenters. The van der Waals surface area contributed by atoms with E-state index in [-0.39, 0.29) is 43.9 Å². The Morgan fingerprint density at radius 1 is 0.403 bits per heavy atom. The van der Waals surface area contributed by atoms with Crippen LogP contribution in [0.5, 0.6) is 5.88 Å². The second kappa shape index (κ2) is 19.9. The van der Waals surface area contributed by atoms with Crippen molar-refractivity contribution in [2.24, 2.45) is 0 Å². The number of fused-ring (bicyclic) bond motifs is 3. The van der Waals surface area contributed by atoms with E-state index in [1.165, 1.54) is 0 Å². The number of aryl methyl sites for hydroxylation is 1. The molecular weight excluding hydrogens is 1060 g/mol. The van der Waals surface area contributed by atoms with Crippen molar-refractivity contribution in [3.8, 4) is 84.0 Å². The minimum absolute atomic E-state index is 0. The number of benzene rings is 9. The number of nitrogens with zero attached hydrogens (tertiary/aromatic N) is 4. The number of hydrogen-bond donors (Lipinski definition) is 1. The molecule has 0 saturated heterocycles. The maximum atomic E-state index is 13.8. The maximum absolute atomic E-state index is 13.8. The van der Waals surface area contributed by atoms with Crippen LogP contribution >= 0.6 is 0 Å². The smallest absolute Gasteiger partial charge is 0.241 e. The number of pyridine rings is 2. The zero-order valence-corrected chi connectivity index (χ0v) is 41.1. The van der Waals surface area contributed by atoms with E-state index in [0.717, 1.165) is 106 Å². The number of Topliss-reactive ketones (excluding diaryl/α,β-unsaturated/α-hetero) is 1. The molecule has 12 rings (SSSR count). The summed E-state index contributed by atoms with van der Waals surface area (Å²) in [6.07, 6.45) is 0.566. The monoisotopic (exact) mass is 1100 g/mol. The number of aromatic nitrogens is 4. The number of rotatable bonds is 11. The van der Waals surface area contributed by atoms with Crippen molar-refractivity contribution in [3.05, 3.63) is 248 Å². The van der Waals surface area contributed by atoms with Crippen LogP contribution in [0.1, 0.15) is 22.5 Å². The van der Waals surface area contributed by atoms with Crippen LogP contribution in [0.25, 0.3) is 111 Å². The van der Waals surface area contributed by atoms with Gasteiger partial charge in [0.15, 0.2) is 11.5 Å². The molecule has 0 aliphatic rings. The summed E-state index contributed by atoms with van der Waals surface area (Å²) >= 11 is 0. The van der Waals surface area contributed by atoms with Crippen LogP contribution in [0.3, 0.4) is 0 Å². The van der Waals surface area contributed by atoms with Gasteiger partial charge in [0.2, 0.25) is 5.88 Å². The van der Waals surface area contributed by atoms with E-state index in [9.17, 15) is 9.90 Å². The molecule has 3 heterocycles. The molecule has 3 aromatic heterocycles. The zero-order valence-electron chi connectivity index (χ0n) is 38.8.